The molecule has 2 aromatic heterocycles. The maximum Gasteiger partial charge on any atom is 0.322 e. The average molecular weight is 273 g/mol. The molecule has 1 atom stereocenters. The minimum atomic E-state index is -3.25. The van der Waals surface area contributed by atoms with Crippen LogP contribution in [0.4, 0.5) is 8.78 Å². The van der Waals surface area contributed by atoms with Crippen molar-refractivity contribution < 1.29 is 18.7 Å². The summed E-state index contributed by atoms with van der Waals surface area (Å²) in [6.45, 7) is 0. The van der Waals surface area contributed by atoms with Crippen LogP contribution >= 0.6 is 11.6 Å². The molecule has 1 aliphatic carbocycles. The molecule has 2 aromatic rings. The molecule has 94 valence electrons. The van der Waals surface area contributed by atoms with Gasteiger partial charge < -0.3 is 9.51 Å². The van der Waals surface area contributed by atoms with Crippen LogP contribution in [0.15, 0.2) is 24.5 Å². The summed E-state index contributed by atoms with van der Waals surface area (Å²) >= 11 is 5.76. The lowest BCUT2D eigenvalue weighted by atomic mass is 10.0. The molecule has 0 spiro atoms. The Morgan fingerprint density at radius 2 is 2.11 bits per heavy atom. The van der Waals surface area contributed by atoms with E-state index in [-0.39, 0.29) is 5.69 Å². The number of pyridine rings is 1. The predicted molar refractivity (Wildman–Crippen MR) is 59.1 cm³/mol. The maximum atomic E-state index is 13.3. The summed E-state index contributed by atoms with van der Waals surface area (Å²) in [6.07, 6.45) is 2.06. The van der Waals surface area contributed by atoms with Crippen molar-refractivity contribution in [3.63, 3.8) is 0 Å². The van der Waals surface area contributed by atoms with Crippen molar-refractivity contribution in [2.75, 3.05) is 0 Å². The molecule has 1 saturated carbocycles. The van der Waals surface area contributed by atoms with E-state index in [2.05, 4.69) is 4.98 Å². The van der Waals surface area contributed by atoms with Crippen molar-refractivity contribution in [1.82, 2.24) is 9.38 Å². The van der Waals surface area contributed by atoms with Crippen LogP contribution in [0.3, 0.4) is 0 Å². The number of aromatic nitrogens is 2. The van der Waals surface area contributed by atoms with Gasteiger partial charge in [-0.1, -0.05) is 11.6 Å². The van der Waals surface area contributed by atoms with Gasteiger partial charge in [-0.15, -0.1) is 0 Å². The van der Waals surface area contributed by atoms with Gasteiger partial charge in [0.05, 0.1) is 10.7 Å². The van der Waals surface area contributed by atoms with Crippen molar-refractivity contribution in [3.05, 3.63) is 35.2 Å². The fraction of sp³-hybridized carbons (Fsp3) is 0.273. The minimum Gasteiger partial charge on any atom is -0.480 e. The van der Waals surface area contributed by atoms with E-state index >= 15 is 0 Å². The first-order valence-corrected chi connectivity index (χ1v) is 5.51. The molecule has 0 amide bonds. The Morgan fingerprint density at radius 1 is 1.44 bits per heavy atom. The van der Waals surface area contributed by atoms with E-state index in [0.29, 0.717) is 10.7 Å². The smallest absolute Gasteiger partial charge is 0.322 e. The Labute approximate surface area is 105 Å². The third kappa shape index (κ3) is 1.29. The van der Waals surface area contributed by atoms with Crippen molar-refractivity contribution >= 4 is 23.2 Å². The SMILES string of the molecule is O=C(O)C1(c2cn3cc(Cl)ccc3n2)CC1(F)F. The molecular formula is C11H7ClF2N2O2. The highest BCUT2D eigenvalue weighted by molar-refractivity contribution is 6.30. The van der Waals surface area contributed by atoms with Gasteiger partial charge >= 0.3 is 5.97 Å². The molecule has 0 radical (unpaired) electrons. The van der Waals surface area contributed by atoms with Crippen LogP contribution in [-0.2, 0) is 10.2 Å². The number of fused-ring (bicyclic) bond motifs is 1. The van der Waals surface area contributed by atoms with E-state index in [0.717, 1.165) is 0 Å². The largest absolute Gasteiger partial charge is 0.480 e. The molecule has 7 heteroatoms. The summed E-state index contributed by atoms with van der Waals surface area (Å²) in [4.78, 5) is 15.0. The molecule has 0 aromatic carbocycles. The van der Waals surface area contributed by atoms with E-state index in [9.17, 15) is 13.6 Å². The second kappa shape index (κ2) is 3.20. The topological polar surface area (TPSA) is 54.6 Å². The van der Waals surface area contributed by atoms with Gasteiger partial charge in [-0.3, -0.25) is 4.79 Å². The highest BCUT2D eigenvalue weighted by Crippen LogP contribution is 2.61. The van der Waals surface area contributed by atoms with Gasteiger partial charge in [0, 0.05) is 18.8 Å². The Balaban J connectivity index is 2.18. The summed E-state index contributed by atoms with van der Waals surface area (Å²) in [7, 11) is 0. The van der Waals surface area contributed by atoms with Crippen LogP contribution in [0, 0.1) is 0 Å². The van der Waals surface area contributed by atoms with Gasteiger partial charge in [-0.2, -0.15) is 0 Å². The summed E-state index contributed by atoms with van der Waals surface area (Å²) in [6, 6.07) is 3.11. The van der Waals surface area contributed by atoms with Crippen LogP contribution in [-0.4, -0.2) is 26.4 Å². The molecule has 0 bridgehead atoms. The van der Waals surface area contributed by atoms with E-state index < -0.39 is 23.7 Å². The monoisotopic (exact) mass is 272 g/mol. The molecule has 1 N–H and O–H groups in total. The number of carboxylic acids is 1. The number of imidazole rings is 1. The Morgan fingerprint density at radius 3 is 2.67 bits per heavy atom. The number of hydrogen-bond acceptors (Lipinski definition) is 2. The number of carbonyl (C=O) groups is 1. The fourth-order valence-corrected chi connectivity index (χ4v) is 2.25. The summed E-state index contributed by atoms with van der Waals surface area (Å²) in [5.41, 5.74) is -1.94. The first-order valence-electron chi connectivity index (χ1n) is 5.13. The molecule has 2 heterocycles. The molecule has 3 rings (SSSR count). The van der Waals surface area contributed by atoms with Crippen LogP contribution in [0.2, 0.25) is 5.02 Å². The summed E-state index contributed by atoms with van der Waals surface area (Å²) < 4.78 is 28.1. The van der Waals surface area contributed by atoms with Crippen LogP contribution in [0.1, 0.15) is 12.1 Å². The highest BCUT2D eigenvalue weighted by atomic mass is 35.5. The van der Waals surface area contributed by atoms with Gasteiger partial charge in [0.15, 0.2) is 5.41 Å². The number of rotatable bonds is 2. The lowest BCUT2D eigenvalue weighted by molar-refractivity contribution is -0.143. The zero-order valence-electron chi connectivity index (χ0n) is 8.90. The number of alkyl halides is 2. The zero-order chi connectivity index (χ0) is 13.1. The molecule has 18 heavy (non-hydrogen) atoms. The lowest BCUT2D eigenvalue weighted by Gasteiger charge is -2.06. The van der Waals surface area contributed by atoms with Gasteiger partial charge in [-0.25, -0.2) is 13.8 Å². The molecule has 1 aliphatic rings. The molecule has 1 unspecified atom stereocenters. The van der Waals surface area contributed by atoms with E-state index in [4.69, 9.17) is 16.7 Å². The van der Waals surface area contributed by atoms with Crippen molar-refractivity contribution in [1.29, 1.82) is 0 Å². The molecule has 0 aliphatic heterocycles. The van der Waals surface area contributed by atoms with Gasteiger partial charge in [0.25, 0.3) is 5.92 Å². The average Bonchev–Trinajstić information content (AvgIpc) is 2.67. The number of carboxylic acid groups (broad SMARTS) is 1. The van der Waals surface area contributed by atoms with Gasteiger partial charge in [0.2, 0.25) is 0 Å². The quantitative estimate of drug-likeness (QED) is 0.913. The zero-order valence-corrected chi connectivity index (χ0v) is 9.66. The molecule has 1 fully saturated rings. The van der Waals surface area contributed by atoms with Crippen LogP contribution in [0.5, 0.6) is 0 Å². The predicted octanol–water partition coefficient (Wildman–Crippen LogP) is 2.35. The van der Waals surface area contributed by atoms with Crippen molar-refractivity contribution in [2.24, 2.45) is 0 Å². The lowest BCUT2D eigenvalue weighted by Crippen LogP contribution is -2.27. The van der Waals surface area contributed by atoms with E-state index in [1.807, 2.05) is 0 Å². The Kier molecular flexibility index (Phi) is 2.03. The second-order valence-electron chi connectivity index (χ2n) is 4.33. The third-order valence-corrected chi connectivity index (χ3v) is 3.43. The second-order valence-corrected chi connectivity index (χ2v) is 4.77. The summed E-state index contributed by atoms with van der Waals surface area (Å²) in [5.74, 6) is -4.80. The van der Waals surface area contributed by atoms with Gasteiger partial charge in [-0.05, 0) is 12.1 Å². The fourth-order valence-electron chi connectivity index (χ4n) is 2.08. The Bertz CT molecular complexity index is 670. The molecular weight excluding hydrogens is 266 g/mol. The van der Waals surface area contributed by atoms with E-state index in [1.54, 1.807) is 12.1 Å². The normalized spacial score (nSPS) is 25.3. The molecule has 0 saturated heterocycles. The summed E-state index contributed by atoms with van der Waals surface area (Å²) in [5, 5.41) is 9.43. The third-order valence-electron chi connectivity index (χ3n) is 3.20. The first-order chi connectivity index (χ1) is 8.37. The van der Waals surface area contributed by atoms with Gasteiger partial charge in [0.1, 0.15) is 5.65 Å². The maximum absolute atomic E-state index is 13.3. The molecule has 4 nitrogen and oxygen atoms in total. The highest BCUT2D eigenvalue weighted by Gasteiger charge is 2.78. The van der Waals surface area contributed by atoms with Crippen LogP contribution < -0.4 is 0 Å². The first kappa shape index (κ1) is 11.4. The van der Waals surface area contributed by atoms with E-state index in [1.165, 1.54) is 16.8 Å². The van der Waals surface area contributed by atoms with Crippen molar-refractivity contribution in [3.8, 4) is 0 Å². The number of halogens is 3. The van der Waals surface area contributed by atoms with Crippen molar-refractivity contribution in [2.45, 2.75) is 17.8 Å². The minimum absolute atomic E-state index is 0.137. The standard InChI is InChI=1S/C11H7ClF2N2O2/c12-6-1-2-8-15-7(4-16(8)3-6)10(9(17)18)5-11(10,13)14/h1-4H,5H2,(H,17,18). The number of aliphatic carboxylic acids is 1. The Hall–Kier alpha value is -1.69. The van der Waals surface area contributed by atoms with Crippen LogP contribution in [0.25, 0.3) is 5.65 Å². The number of hydrogen-bond donors (Lipinski definition) is 1. The number of nitrogens with zero attached hydrogens (tertiary/aromatic N) is 2.